The van der Waals surface area contributed by atoms with E-state index in [1.807, 2.05) is 0 Å². The van der Waals surface area contributed by atoms with Crippen LogP contribution in [0.15, 0.2) is 16.9 Å². The van der Waals surface area contributed by atoms with Crippen LogP contribution in [-0.4, -0.2) is 47.2 Å². The van der Waals surface area contributed by atoms with Gasteiger partial charge in [0.15, 0.2) is 0 Å². The van der Waals surface area contributed by atoms with Gasteiger partial charge in [-0.1, -0.05) is 5.92 Å². The Morgan fingerprint density at radius 1 is 1.58 bits per heavy atom. The summed E-state index contributed by atoms with van der Waals surface area (Å²) in [7, 11) is 1.44. The Bertz CT molecular complexity index is 547. The molecule has 19 heavy (non-hydrogen) atoms. The molecule has 0 aliphatic carbocycles. The Morgan fingerprint density at radius 3 is 2.89 bits per heavy atom. The van der Waals surface area contributed by atoms with Crippen molar-refractivity contribution in [1.29, 1.82) is 0 Å². The van der Waals surface area contributed by atoms with Crippen LogP contribution >= 0.6 is 0 Å². The molecular weight excluding hydrogens is 250 g/mol. The highest BCUT2D eigenvalue weighted by molar-refractivity contribution is 5.36. The minimum Gasteiger partial charge on any atom is -0.394 e. The summed E-state index contributed by atoms with van der Waals surface area (Å²) < 4.78 is 10.8. The van der Waals surface area contributed by atoms with E-state index in [2.05, 4.69) is 10.9 Å². The first-order chi connectivity index (χ1) is 9.12. The highest BCUT2D eigenvalue weighted by Gasteiger charge is 2.45. The third-order valence-electron chi connectivity index (χ3n) is 3.19. The normalized spacial score (nSPS) is 30.2. The molecule has 0 saturated carbocycles. The number of hydrogen-bond acceptors (Lipinski definition) is 5. The van der Waals surface area contributed by atoms with Gasteiger partial charge in [-0.15, -0.1) is 6.42 Å². The Hall–Kier alpha value is -1.65. The minimum atomic E-state index is -0.961. The van der Waals surface area contributed by atoms with Crippen molar-refractivity contribution in [3.63, 3.8) is 0 Å². The Morgan fingerprint density at radius 2 is 2.32 bits per heavy atom. The number of nitrogens with one attached hydrogen (secondary N) is 1. The highest BCUT2D eigenvalue weighted by atomic mass is 16.6. The highest BCUT2D eigenvalue weighted by Crippen LogP contribution is 2.35. The summed E-state index contributed by atoms with van der Waals surface area (Å²) in [5.41, 5.74) is 0.511. The zero-order valence-electron chi connectivity index (χ0n) is 10.4. The zero-order valence-corrected chi connectivity index (χ0v) is 10.4. The van der Waals surface area contributed by atoms with Crippen LogP contribution < -0.4 is 5.56 Å². The van der Waals surface area contributed by atoms with Crippen LogP contribution in [-0.2, 0) is 9.47 Å². The van der Waals surface area contributed by atoms with Gasteiger partial charge in [0.25, 0.3) is 0 Å². The fourth-order valence-corrected chi connectivity index (χ4v) is 2.24. The monoisotopic (exact) mass is 265 g/mol. The van der Waals surface area contributed by atoms with Crippen molar-refractivity contribution in [1.82, 2.24) is 4.98 Å². The van der Waals surface area contributed by atoms with Crippen molar-refractivity contribution < 1.29 is 19.7 Å². The van der Waals surface area contributed by atoms with E-state index in [0.717, 1.165) is 0 Å². The van der Waals surface area contributed by atoms with Crippen molar-refractivity contribution >= 4 is 0 Å². The van der Waals surface area contributed by atoms with Gasteiger partial charge < -0.3 is 24.7 Å². The molecule has 1 aromatic heterocycles. The lowest BCUT2D eigenvalue weighted by molar-refractivity contribution is -0.0235. The Balaban J connectivity index is 2.41. The Labute approximate surface area is 110 Å². The number of aromatic amines is 1. The molecule has 0 aromatic carbocycles. The van der Waals surface area contributed by atoms with Crippen molar-refractivity contribution in [3.8, 4) is 12.3 Å². The van der Waals surface area contributed by atoms with Crippen LogP contribution in [0, 0.1) is 12.3 Å². The molecule has 6 heteroatoms. The first kappa shape index (κ1) is 13.8. The van der Waals surface area contributed by atoms with Gasteiger partial charge in [0, 0.05) is 18.7 Å². The van der Waals surface area contributed by atoms with E-state index in [1.54, 1.807) is 0 Å². The fourth-order valence-electron chi connectivity index (χ4n) is 2.24. The molecule has 2 rings (SSSR count). The predicted octanol–water partition coefficient (Wildman–Crippen LogP) is -0.836. The molecule has 0 radical (unpaired) electrons. The number of rotatable bonds is 3. The molecule has 0 amide bonds. The van der Waals surface area contributed by atoms with Gasteiger partial charge in [0.1, 0.15) is 24.4 Å². The molecule has 1 aliphatic heterocycles. The smallest absolute Gasteiger partial charge is 0.248 e. The van der Waals surface area contributed by atoms with Gasteiger partial charge in [-0.3, -0.25) is 4.79 Å². The standard InChI is InChI=1S/C13H15NO5/c1-3-8-7(4-5-10(16)14-8)12-13(18-2)11(17)9(6-15)19-12/h1,4-5,9,11-13,15,17H,6H2,2H3,(H,14,16)/t9-,11?,12+,13+/m1/s1. The van der Waals surface area contributed by atoms with Crippen LogP contribution in [0.25, 0.3) is 0 Å². The van der Waals surface area contributed by atoms with E-state index in [1.165, 1.54) is 19.2 Å². The van der Waals surface area contributed by atoms with Gasteiger partial charge in [-0.05, 0) is 6.07 Å². The lowest BCUT2D eigenvalue weighted by Gasteiger charge is -2.19. The number of hydrogen-bond donors (Lipinski definition) is 3. The number of aliphatic hydroxyl groups is 2. The third-order valence-corrected chi connectivity index (χ3v) is 3.19. The number of pyridine rings is 1. The minimum absolute atomic E-state index is 0.283. The SMILES string of the molecule is C#Cc1[nH]c(=O)ccc1[C@@H]1O[C@H](CO)C(O)[C@@H]1OC. The molecule has 1 aromatic rings. The van der Waals surface area contributed by atoms with Crippen molar-refractivity contribution in [3.05, 3.63) is 33.7 Å². The summed E-state index contributed by atoms with van der Waals surface area (Å²) in [6, 6.07) is 2.86. The molecule has 3 N–H and O–H groups in total. The van der Waals surface area contributed by atoms with E-state index < -0.39 is 24.4 Å². The van der Waals surface area contributed by atoms with Gasteiger partial charge in [0.2, 0.25) is 5.56 Å². The largest absolute Gasteiger partial charge is 0.394 e. The summed E-state index contributed by atoms with van der Waals surface area (Å²) in [5.74, 6) is 2.37. The first-order valence-electron chi connectivity index (χ1n) is 5.79. The summed E-state index contributed by atoms with van der Waals surface area (Å²) in [4.78, 5) is 13.8. The second-order valence-corrected chi connectivity index (χ2v) is 4.27. The van der Waals surface area contributed by atoms with Crippen LogP contribution in [0.5, 0.6) is 0 Å². The summed E-state index contributed by atoms with van der Waals surface area (Å²) in [5, 5.41) is 19.1. The molecule has 1 fully saturated rings. The lowest BCUT2D eigenvalue weighted by Crippen LogP contribution is -2.34. The van der Waals surface area contributed by atoms with E-state index >= 15 is 0 Å². The maximum atomic E-state index is 11.2. The van der Waals surface area contributed by atoms with E-state index in [9.17, 15) is 9.90 Å². The molecule has 2 heterocycles. The zero-order chi connectivity index (χ0) is 14.0. The van der Waals surface area contributed by atoms with Crippen LogP contribution in [0.4, 0.5) is 0 Å². The molecule has 1 aliphatic rings. The molecule has 1 saturated heterocycles. The van der Waals surface area contributed by atoms with Crippen molar-refractivity contribution in [2.75, 3.05) is 13.7 Å². The fraction of sp³-hybridized carbons (Fsp3) is 0.462. The third kappa shape index (κ3) is 2.41. The second-order valence-electron chi connectivity index (χ2n) is 4.27. The maximum Gasteiger partial charge on any atom is 0.248 e. The average Bonchev–Trinajstić information content (AvgIpc) is 2.74. The van der Waals surface area contributed by atoms with Gasteiger partial charge in [-0.2, -0.15) is 0 Å². The van der Waals surface area contributed by atoms with Crippen LogP contribution in [0.3, 0.4) is 0 Å². The number of methoxy groups -OCH3 is 1. The van der Waals surface area contributed by atoms with Crippen molar-refractivity contribution in [2.24, 2.45) is 0 Å². The van der Waals surface area contributed by atoms with E-state index in [0.29, 0.717) is 5.56 Å². The molecule has 4 atom stereocenters. The quantitative estimate of drug-likeness (QED) is 0.620. The topological polar surface area (TPSA) is 91.8 Å². The average molecular weight is 265 g/mol. The van der Waals surface area contributed by atoms with Crippen LogP contribution in [0.2, 0.25) is 0 Å². The van der Waals surface area contributed by atoms with Gasteiger partial charge in [-0.25, -0.2) is 0 Å². The maximum absolute atomic E-state index is 11.2. The molecule has 0 bridgehead atoms. The lowest BCUT2D eigenvalue weighted by atomic mass is 10.00. The predicted molar refractivity (Wildman–Crippen MR) is 66.5 cm³/mol. The summed E-state index contributed by atoms with van der Waals surface area (Å²) in [6.07, 6.45) is 2.35. The Kier molecular flexibility index (Phi) is 4.02. The summed E-state index contributed by atoms with van der Waals surface area (Å²) >= 11 is 0. The molecular formula is C13H15NO5. The molecule has 6 nitrogen and oxygen atoms in total. The number of ether oxygens (including phenoxy) is 2. The van der Waals surface area contributed by atoms with Gasteiger partial charge >= 0.3 is 0 Å². The van der Waals surface area contributed by atoms with Crippen LogP contribution in [0.1, 0.15) is 17.4 Å². The number of H-pyrrole nitrogens is 1. The van der Waals surface area contributed by atoms with Gasteiger partial charge in [0.05, 0.1) is 12.3 Å². The molecule has 0 spiro atoms. The number of aromatic nitrogens is 1. The van der Waals surface area contributed by atoms with E-state index in [4.69, 9.17) is 21.0 Å². The second kappa shape index (κ2) is 5.55. The molecule has 102 valence electrons. The first-order valence-corrected chi connectivity index (χ1v) is 5.79. The number of aliphatic hydroxyl groups excluding tert-OH is 2. The van der Waals surface area contributed by atoms with Crippen molar-refractivity contribution in [2.45, 2.75) is 24.4 Å². The summed E-state index contributed by atoms with van der Waals surface area (Å²) in [6.45, 7) is -0.327. The van der Waals surface area contributed by atoms with E-state index in [-0.39, 0.29) is 17.9 Å². The number of terminal acetylenes is 1. The molecule has 1 unspecified atom stereocenters.